The van der Waals surface area contributed by atoms with Gasteiger partial charge in [0.1, 0.15) is 5.75 Å². The van der Waals surface area contributed by atoms with Crippen LogP contribution in [0.1, 0.15) is 12.0 Å². The molecule has 1 aromatic heterocycles. The third-order valence-electron chi connectivity index (χ3n) is 5.66. The predicted octanol–water partition coefficient (Wildman–Crippen LogP) is 3.27. The van der Waals surface area contributed by atoms with E-state index in [4.69, 9.17) is 22.1 Å². The summed E-state index contributed by atoms with van der Waals surface area (Å²) in [6, 6.07) is 17.7. The number of sulfone groups is 1. The average Bonchev–Trinajstić information content (AvgIpc) is 3.27. The van der Waals surface area contributed by atoms with Gasteiger partial charge in [-0.25, -0.2) is 13.1 Å². The lowest BCUT2D eigenvalue weighted by Gasteiger charge is -2.27. The zero-order chi connectivity index (χ0) is 22.0. The Morgan fingerprint density at radius 2 is 1.87 bits per heavy atom. The fraction of sp³-hybridized carbons (Fsp3) is 0.364. The highest BCUT2D eigenvalue weighted by molar-refractivity contribution is 7.91. The van der Waals surface area contributed by atoms with Crippen molar-refractivity contribution >= 4 is 22.1 Å². The second-order valence-electron chi connectivity index (χ2n) is 7.80. The normalized spacial score (nSPS) is 17.8. The summed E-state index contributed by atoms with van der Waals surface area (Å²) in [5.74, 6) is 1.82. The zero-order valence-corrected chi connectivity index (χ0v) is 19.3. The van der Waals surface area contributed by atoms with Gasteiger partial charge in [0.05, 0.1) is 30.8 Å². The predicted molar refractivity (Wildman–Crippen MR) is 123 cm³/mol. The Balaban J connectivity index is 1.67. The van der Waals surface area contributed by atoms with Gasteiger partial charge in [0.15, 0.2) is 20.4 Å². The first-order valence-corrected chi connectivity index (χ1v) is 12.4. The number of benzene rings is 2. The maximum atomic E-state index is 12.1. The molecule has 9 heteroatoms. The second-order valence-corrected chi connectivity index (χ2v) is 10.4. The van der Waals surface area contributed by atoms with Crippen LogP contribution in [-0.4, -0.2) is 52.3 Å². The maximum absolute atomic E-state index is 12.1. The van der Waals surface area contributed by atoms with Gasteiger partial charge in [-0.3, -0.25) is 4.90 Å². The van der Waals surface area contributed by atoms with E-state index < -0.39 is 9.84 Å². The molecule has 7 nitrogen and oxygen atoms in total. The number of hydrogen-bond donors (Lipinski definition) is 0. The largest absolute Gasteiger partial charge is 0.496 e. The lowest BCUT2D eigenvalue weighted by Crippen LogP contribution is -2.37. The van der Waals surface area contributed by atoms with E-state index in [0.29, 0.717) is 30.2 Å². The minimum Gasteiger partial charge on any atom is -0.496 e. The number of rotatable bonds is 7. The standard InChI is InChI=1S/C22H26N4O3S2/c1-24-21(19-10-6-7-11-20(19)29-2)23-26(22(24)30)16-25(14-17-8-4-3-5-9-17)18-12-13-31(27,28)15-18/h3-11,18H,12-16H2,1-2H3. The van der Waals surface area contributed by atoms with Crippen molar-refractivity contribution in [3.8, 4) is 17.1 Å². The minimum atomic E-state index is -3.01. The monoisotopic (exact) mass is 458 g/mol. The molecule has 3 aromatic rings. The smallest absolute Gasteiger partial charge is 0.199 e. The van der Waals surface area contributed by atoms with Crippen LogP contribution in [0.2, 0.25) is 0 Å². The van der Waals surface area contributed by atoms with Crippen LogP contribution < -0.4 is 4.74 Å². The second kappa shape index (κ2) is 8.94. The Labute approximate surface area is 187 Å². The summed E-state index contributed by atoms with van der Waals surface area (Å²) in [7, 11) is 0.506. The van der Waals surface area contributed by atoms with Crippen LogP contribution in [0.25, 0.3) is 11.4 Å². The number of hydrogen-bond acceptors (Lipinski definition) is 6. The molecule has 0 spiro atoms. The molecule has 0 aliphatic carbocycles. The topological polar surface area (TPSA) is 69.4 Å². The van der Waals surface area contributed by atoms with Gasteiger partial charge in [0.2, 0.25) is 0 Å². The maximum Gasteiger partial charge on any atom is 0.199 e. The van der Waals surface area contributed by atoms with E-state index in [-0.39, 0.29) is 17.5 Å². The van der Waals surface area contributed by atoms with Crippen molar-refractivity contribution in [3.63, 3.8) is 0 Å². The van der Waals surface area contributed by atoms with Crippen molar-refractivity contribution in [2.45, 2.75) is 25.7 Å². The molecule has 1 unspecified atom stereocenters. The first-order chi connectivity index (χ1) is 14.9. The fourth-order valence-electron chi connectivity index (χ4n) is 3.99. The van der Waals surface area contributed by atoms with Crippen molar-refractivity contribution < 1.29 is 13.2 Å². The first-order valence-electron chi connectivity index (χ1n) is 10.1. The van der Waals surface area contributed by atoms with Crippen LogP contribution in [0, 0.1) is 4.77 Å². The minimum absolute atomic E-state index is 0.0659. The molecule has 2 aromatic carbocycles. The van der Waals surface area contributed by atoms with Crippen LogP contribution in [0.4, 0.5) is 0 Å². The highest BCUT2D eigenvalue weighted by Crippen LogP contribution is 2.28. The van der Waals surface area contributed by atoms with Crippen molar-refractivity contribution in [2.24, 2.45) is 7.05 Å². The lowest BCUT2D eigenvalue weighted by atomic mass is 10.1. The number of ether oxygens (including phenoxy) is 1. The summed E-state index contributed by atoms with van der Waals surface area (Å²) in [5.41, 5.74) is 1.98. The summed E-state index contributed by atoms with van der Waals surface area (Å²) in [6.07, 6.45) is 0.620. The SMILES string of the molecule is COc1ccccc1-c1nn(CN(Cc2ccccc2)C2CCS(=O)(=O)C2)c(=S)n1C. The lowest BCUT2D eigenvalue weighted by molar-refractivity contribution is 0.146. The van der Waals surface area contributed by atoms with E-state index in [0.717, 1.165) is 16.9 Å². The highest BCUT2D eigenvalue weighted by Gasteiger charge is 2.33. The Morgan fingerprint density at radius 1 is 1.16 bits per heavy atom. The molecule has 0 amide bonds. The summed E-state index contributed by atoms with van der Waals surface area (Å²) < 4.78 is 34.0. The first kappa shape index (κ1) is 21.7. The molecule has 164 valence electrons. The molecule has 1 atom stereocenters. The molecule has 31 heavy (non-hydrogen) atoms. The third-order valence-corrected chi connectivity index (χ3v) is 7.89. The summed E-state index contributed by atoms with van der Waals surface area (Å²) in [4.78, 5) is 2.16. The molecular formula is C22H26N4O3S2. The van der Waals surface area contributed by atoms with E-state index in [1.165, 1.54) is 0 Å². The van der Waals surface area contributed by atoms with E-state index in [1.54, 1.807) is 11.8 Å². The molecule has 4 rings (SSSR count). The number of nitrogens with zero attached hydrogens (tertiary/aromatic N) is 4. The van der Waals surface area contributed by atoms with Gasteiger partial charge in [-0.2, -0.15) is 5.10 Å². The molecule has 1 fully saturated rings. The molecule has 1 aliphatic heterocycles. The Bertz CT molecular complexity index is 1220. The summed E-state index contributed by atoms with van der Waals surface area (Å²) >= 11 is 5.67. The van der Waals surface area contributed by atoms with E-state index >= 15 is 0 Å². The van der Waals surface area contributed by atoms with Crippen LogP contribution in [0.3, 0.4) is 0 Å². The molecule has 0 bridgehead atoms. The number of aromatic nitrogens is 3. The number of para-hydroxylation sites is 1. The molecule has 0 saturated carbocycles. The molecule has 2 heterocycles. The number of methoxy groups -OCH3 is 1. The Hall–Kier alpha value is -2.49. The summed E-state index contributed by atoms with van der Waals surface area (Å²) in [5, 5.41) is 4.78. The van der Waals surface area contributed by atoms with Gasteiger partial charge in [0.25, 0.3) is 0 Å². The van der Waals surface area contributed by atoms with Crippen LogP contribution in [0.5, 0.6) is 5.75 Å². The average molecular weight is 459 g/mol. The van der Waals surface area contributed by atoms with Gasteiger partial charge >= 0.3 is 0 Å². The van der Waals surface area contributed by atoms with E-state index in [2.05, 4.69) is 17.0 Å². The third kappa shape index (κ3) is 4.73. The highest BCUT2D eigenvalue weighted by atomic mass is 32.2. The molecule has 1 aliphatic rings. The summed E-state index contributed by atoms with van der Waals surface area (Å²) in [6.45, 7) is 1.04. The van der Waals surface area contributed by atoms with Gasteiger partial charge < -0.3 is 9.30 Å². The van der Waals surface area contributed by atoms with E-state index in [1.807, 2.05) is 54.1 Å². The van der Waals surface area contributed by atoms with Crippen molar-refractivity contribution in [1.29, 1.82) is 0 Å². The molecular weight excluding hydrogens is 432 g/mol. The van der Waals surface area contributed by atoms with E-state index in [9.17, 15) is 8.42 Å². The van der Waals surface area contributed by atoms with Gasteiger partial charge in [-0.15, -0.1) is 0 Å². The quantitative estimate of drug-likeness (QED) is 0.506. The molecule has 1 saturated heterocycles. The van der Waals surface area contributed by atoms with Gasteiger partial charge in [-0.05, 0) is 36.3 Å². The van der Waals surface area contributed by atoms with Crippen LogP contribution in [0.15, 0.2) is 54.6 Å². The zero-order valence-electron chi connectivity index (χ0n) is 17.6. The van der Waals surface area contributed by atoms with Crippen LogP contribution >= 0.6 is 12.2 Å². The van der Waals surface area contributed by atoms with Gasteiger partial charge in [-0.1, -0.05) is 42.5 Å². The van der Waals surface area contributed by atoms with Crippen molar-refractivity contribution in [2.75, 3.05) is 18.6 Å². The van der Waals surface area contributed by atoms with Crippen molar-refractivity contribution in [1.82, 2.24) is 19.2 Å². The fourth-order valence-corrected chi connectivity index (χ4v) is 5.94. The van der Waals surface area contributed by atoms with Crippen LogP contribution in [-0.2, 0) is 30.1 Å². The molecule has 0 radical (unpaired) electrons. The Kier molecular flexibility index (Phi) is 6.27. The van der Waals surface area contributed by atoms with Gasteiger partial charge in [0, 0.05) is 19.6 Å². The Morgan fingerprint density at radius 3 is 2.55 bits per heavy atom. The van der Waals surface area contributed by atoms with Crippen molar-refractivity contribution in [3.05, 3.63) is 64.9 Å². The molecule has 0 N–H and O–H groups in total.